The summed E-state index contributed by atoms with van der Waals surface area (Å²) in [6.07, 6.45) is 0.261. The zero-order chi connectivity index (χ0) is 13.1. The topological polar surface area (TPSA) is 115 Å². The van der Waals surface area contributed by atoms with Gasteiger partial charge in [-0.05, 0) is 13.3 Å². The van der Waals surface area contributed by atoms with Crippen molar-refractivity contribution in [3.63, 3.8) is 0 Å². The zero-order valence-electron chi connectivity index (χ0n) is 9.69. The van der Waals surface area contributed by atoms with Gasteiger partial charge in [0.1, 0.15) is 0 Å². The standard InChI is InChI=1S/C9H15N3O4S/c1-6-8(16-7(2)12-6)9(13)11-4-3-5-17(10,14)15/h3-5H2,1-2H3,(H,11,13)(H2,10,14,15). The molecule has 1 aromatic rings. The fourth-order valence-electron chi connectivity index (χ4n) is 1.30. The van der Waals surface area contributed by atoms with Crippen LogP contribution in [0.15, 0.2) is 4.42 Å². The van der Waals surface area contributed by atoms with Gasteiger partial charge in [-0.25, -0.2) is 18.5 Å². The third-order valence-corrected chi connectivity index (χ3v) is 2.86. The number of primary sulfonamides is 1. The number of aryl methyl sites for hydroxylation is 2. The molecule has 0 spiro atoms. The van der Waals surface area contributed by atoms with E-state index >= 15 is 0 Å². The lowest BCUT2D eigenvalue weighted by molar-refractivity contribution is 0.0924. The molecule has 1 aromatic heterocycles. The van der Waals surface area contributed by atoms with Crippen LogP contribution in [-0.4, -0.2) is 31.6 Å². The first-order chi connectivity index (χ1) is 7.79. The number of hydrogen-bond donors (Lipinski definition) is 2. The first kappa shape index (κ1) is 13.7. The van der Waals surface area contributed by atoms with Crippen molar-refractivity contribution < 1.29 is 17.6 Å². The lowest BCUT2D eigenvalue weighted by atomic mass is 10.3. The quantitative estimate of drug-likeness (QED) is 0.706. The molecule has 0 bridgehead atoms. The van der Waals surface area contributed by atoms with E-state index in [4.69, 9.17) is 9.56 Å². The molecule has 0 aromatic carbocycles. The number of rotatable bonds is 5. The molecule has 0 aliphatic carbocycles. The highest BCUT2D eigenvalue weighted by atomic mass is 32.2. The minimum absolute atomic E-state index is 0.151. The van der Waals surface area contributed by atoms with E-state index in [1.165, 1.54) is 0 Å². The molecule has 0 atom stereocenters. The first-order valence-corrected chi connectivity index (χ1v) is 6.74. The summed E-state index contributed by atoms with van der Waals surface area (Å²) in [6.45, 7) is 3.52. The minimum atomic E-state index is -3.48. The summed E-state index contributed by atoms with van der Waals surface area (Å²) in [4.78, 5) is 15.5. The Labute approximate surface area is 99.4 Å². The van der Waals surface area contributed by atoms with E-state index in [-0.39, 0.29) is 24.5 Å². The van der Waals surface area contributed by atoms with Crippen molar-refractivity contribution >= 4 is 15.9 Å². The Morgan fingerprint density at radius 3 is 2.59 bits per heavy atom. The SMILES string of the molecule is Cc1nc(C)c(C(=O)NCCCS(N)(=O)=O)o1. The maximum atomic E-state index is 11.6. The molecule has 1 heterocycles. The Morgan fingerprint density at radius 1 is 1.47 bits per heavy atom. The van der Waals surface area contributed by atoms with Crippen LogP contribution in [0.4, 0.5) is 0 Å². The third kappa shape index (κ3) is 4.53. The molecule has 0 saturated heterocycles. The number of nitrogens with two attached hydrogens (primary N) is 1. The van der Waals surface area contributed by atoms with Gasteiger partial charge in [0, 0.05) is 13.5 Å². The predicted octanol–water partition coefficient (Wildman–Crippen LogP) is -0.300. The number of nitrogens with zero attached hydrogens (tertiary/aromatic N) is 1. The first-order valence-electron chi connectivity index (χ1n) is 5.02. The van der Waals surface area contributed by atoms with Gasteiger partial charge >= 0.3 is 0 Å². The molecule has 0 aliphatic rings. The van der Waals surface area contributed by atoms with Crippen molar-refractivity contribution in [2.75, 3.05) is 12.3 Å². The lowest BCUT2D eigenvalue weighted by Gasteiger charge is -2.02. The van der Waals surface area contributed by atoms with Crippen molar-refractivity contribution in [2.45, 2.75) is 20.3 Å². The van der Waals surface area contributed by atoms with Gasteiger partial charge in [-0.15, -0.1) is 0 Å². The normalized spacial score (nSPS) is 11.5. The largest absolute Gasteiger partial charge is 0.436 e. The van der Waals surface area contributed by atoms with Crippen LogP contribution in [0.25, 0.3) is 0 Å². The smallest absolute Gasteiger partial charge is 0.289 e. The fourth-order valence-corrected chi connectivity index (χ4v) is 1.84. The van der Waals surface area contributed by atoms with Crippen molar-refractivity contribution in [2.24, 2.45) is 5.14 Å². The number of sulfonamides is 1. The van der Waals surface area contributed by atoms with Crippen molar-refractivity contribution in [3.05, 3.63) is 17.3 Å². The molecule has 0 fully saturated rings. The summed E-state index contributed by atoms with van der Waals surface area (Å²) < 4.78 is 26.4. The highest BCUT2D eigenvalue weighted by molar-refractivity contribution is 7.89. The average molecular weight is 261 g/mol. The molecule has 0 saturated carbocycles. The van der Waals surface area contributed by atoms with E-state index in [1.807, 2.05) is 0 Å². The second-order valence-corrected chi connectivity index (χ2v) is 5.36. The van der Waals surface area contributed by atoms with Gasteiger partial charge in [0.15, 0.2) is 5.89 Å². The van der Waals surface area contributed by atoms with Gasteiger partial charge in [0.25, 0.3) is 5.91 Å². The Hall–Kier alpha value is -1.41. The Morgan fingerprint density at radius 2 is 2.12 bits per heavy atom. The van der Waals surface area contributed by atoms with Gasteiger partial charge < -0.3 is 9.73 Å². The van der Waals surface area contributed by atoms with Crippen LogP contribution in [0.5, 0.6) is 0 Å². The maximum absolute atomic E-state index is 11.6. The Balaban J connectivity index is 2.43. The number of carbonyl (C=O) groups is 1. The van der Waals surface area contributed by atoms with Crippen LogP contribution in [0.1, 0.15) is 28.6 Å². The van der Waals surface area contributed by atoms with E-state index in [1.54, 1.807) is 13.8 Å². The third-order valence-electron chi connectivity index (χ3n) is 2.00. The van der Waals surface area contributed by atoms with E-state index in [0.717, 1.165) is 0 Å². The lowest BCUT2D eigenvalue weighted by Crippen LogP contribution is -2.27. The van der Waals surface area contributed by atoms with Gasteiger partial charge in [-0.2, -0.15) is 0 Å². The number of amides is 1. The van der Waals surface area contributed by atoms with Crippen LogP contribution >= 0.6 is 0 Å². The molecule has 96 valence electrons. The molecule has 17 heavy (non-hydrogen) atoms. The molecule has 7 nitrogen and oxygen atoms in total. The predicted molar refractivity (Wildman–Crippen MR) is 60.9 cm³/mol. The van der Waals surface area contributed by atoms with E-state index < -0.39 is 15.9 Å². The highest BCUT2D eigenvalue weighted by Crippen LogP contribution is 2.08. The zero-order valence-corrected chi connectivity index (χ0v) is 10.5. The molecule has 0 radical (unpaired) electrons. The molecular formula is C9H15N3O4S. The second kappa shape index (κ2) is 5.28. The molecule has 1 rings (SSSR count). The summed E-state index contributed by atoms with van der Waals surface area (Å²) in [5.41, 5.74) is 0.506. The maximum Gasteiger partial charge on any atom is 0.289 e. The highest BCUT2D eigenvalue weighted by Gasteiger charge is 2.15. The molecule has 3 N–H and O–H groups in total. The number of nitrogens with one attached hydrogen (secondary N) is 1. The number of aromatic nitrogens is 1. The van der Waals surface area contributed by atoms with Crippen LogP contribution in [0, 0.1) is 13.8 Å². The van der Waals surface area contributed by atoms with E-state index in [2.05, 4.69) is 10.3 Å². The van der Waals surface area contributed by atoms with E-state index in [0.29, 0.717) is 11.6 Å². The van der Waals surface area contributed by atoms with Crippen molar-refractivity contribution in [1.29, 1.82) is 0 Å². The van der Waals surface area contributed by atoms with Crippen molar-refractivity contribution in [1.82, 2.24) is 10.3 Å². The molecular weight excluding hydrogens is 246 g/mol. The van der Waals surface area contributed by atoms with Gasteiger partial charge in [0.2, 0.25) is 15.8 Å². The van der Waals surface area contributed by atoms with Gasteiger partial charge in [-0.1, -0.05) is 0 Å². The molecule has 1 amide bonds. The Bertz CT molecular complexity index is 506. The van der Waals surface area contributed by atoms with Gasteiger partial charge in [-0.3, -0.25) is 4.79 Å². The molecule has 0 aliphatic heterocycles. The van der Waals surface area contributed by atoms with Crippen LogP contribution in [-0.2, 0) is 10.0 Å². The van der Waals surface area contributed by atoms with Gasteiger partial charge in [0.05, 0.1) is 11.4 Å². The number of oxazole rings is 1. The van der Waals surface area contributed by atoms with Crippen LogP contribution in [0.3, 0.4) is 0 Å². The second-order valence-electron chi connectivity index (χ2n) is 3.62. The number of carbonyl (C=O) groups excluding carboxylic acids is 1. The number of hydrogen-bond acceptors (Lipinski definition) is 5. The monoisotopic (exact) mass is 261 g/mol. The summed E-state index contributed by atoms with van der Waals surface area (Å²) in [7, 11) is -3.48. The minimum Gasteiger partial charge on any atom is -0.436 e. The van der Waals surface area contributed by atoms with E-state index in [9.17, 15) is 13.2 Å². The van der Waals surface area contributed by atoms with Crippen LogP contribution in [0.2, 0.25) is 0 Å². The van der Waals surface area contributed by atoms with Crippen molar-refractivity contribution in [3.8, 4) is 0 Å². The average Bonchev–Trinajstić information content (AvgIpc) is 2.51. The van der Waals surface area contributed by atoms with Crippen LogP contribution < -0.4 is 10.5 Å². The molecule has 0 unspecified atom stereocenters. The summed E-state index contributed by atoms with van der Waals surface area (Å²) in [6, 6.07) is 0. The fraction of sp³-hybridized carbons (Fsp3) is 0.556. The summed E-state index contributed by atoms with van der Waals surface area (Å²) in [5, 5.41) is 7.35. The Kier molecular flexibility index (Phi) is 4.24. The summed E-state index contributed by atoms with van der Waals surface area (Å²) >= 11 is 0. The molecule has 8 heteroatoms. The summed E-state index contributed by atoms with van der Waals surface area (Å²) in [5.74, 6) is -0.00498.